The summed E-state index contributed by atoms with van der Waals surface area (Å²) in [5, 5.41) is 44.4. The smallest absolute Gasteiger partial charge is 0.336 e. The van der Waals surface area contributed by atoms with E-state index in [1.807, 2.05) is 6.92 Å². The topological polar surface area (TPSA) is 191 Å². The average molecular weight is 628 g/mol. The SMILES string of the molecule is COc1cccc2c1C(=O)c1c(O)c3c(c(O)c1C2=O)C[C@@](O)(C(=O)O)C[C@@H]3O[C@H]1CC2[C@H](O[C@@H]3[C@@H](OC)OCCN23)C(C)O1. The Kier molecular flexibility index (Phi) is 7.16. The van der Waals surface area contributed by atoms with E-state index in [0.717, 1.165) is 0 Å². The number of aliphatic carboxylic acids is 1. The molecule has 4 N–H and O–H groups in total. The van der Waals surface area contributed by atoms with Gasteiger partial charge in [-0.3, -0.25) is 14.5 Å². The Bertz CT molecular complexity index is 1610. The molecule has 240 valence electrons. The number of ketones is 2. The minimum Gasteiger partial charge on any atom is -0.507 e. The van der Waals surface area contributed by atoms with Crippen LogP contribution in [0.25, 0.3) is 0 Å². The van der Waals surface area contributed by atoms with Gasteiger partial charge >= 0.3 is 5.97 Å². The number of carboxylic acid groups (broad SMARTS) is 1. The fraction of sp³-hybridized carbons (Fsp3) is 0.516. The monoisotopic (exact) mass is 627 g/mol. The highest BCUT2D eigenvalue weighted by atomic mass is 16.7. The van der Waals surface area contributed by atoms with Gasteiger partial charge in [-0.2, -0.15) is 0 Å². The number of rotatable bonds is 5. The number of aromatic hydroxyl groups is 2. The van der Waals surface area contributed by atoms with Gasteiger partial charge in [-0.1, -0.05) is 12.1 Å². The van der Waals surface area contributed by atoms with Gasteiger partial charge in [-0.25, -0.2) is 4.79 Å². The van der Waals surface area contributed by atoms with Crippen LogP contribution in [-0.4, -0.2) is 113 Å². The number of ether oxygens (including phenoxy) is 6. The van der Waals surface area contributed by atoms with E-state index >= 15 is 0 Å². The van der Waals surface area contributed by atoms with Gasteiger partial charge in [0, 0.05) is 55.6 Å². The van der Waals surface area contributed by atoms with Crippen LogP contribution in [0.4, 0.5) is 0 Å². The molecule has 14 nitrogen and oxygen atoms in total. The first kappa shape index (κ1) is 30.0. The zero-order chi connectivity index (χ0) is 31.9. The van der Waals surface area contributed by atoms with Crippen molar-refractivity contribution in [2.75, 3.05) is 27.4 Å². The summed E-state index contributed by atoms with van der Waals surface area (Å²) in [4.78, 5) is 41.9. The normalized spacial score (nSPS) is 33.9. The third-order valence-corrected chi connectivity index (χ3v) is 9.58. The summed E-state index contributed by atoms with van der Waals surface area (Å²) >= 11 is 0. The molecule has 3 fully saturated rings. The van der Waals surface area contributed by atoms with Gasteiger partial charge in [-0.05, 0) is 13.0 Å². The molecule has 0 saturated carbocycles. The molecule has 2 unspecified atom stereocenters. The largest absolute Gasteiger partial charge is 0.507 e. The van der Waals surface area contributed by atoms with Crippen molar-refractivity contribution in [3.63, 3.8) is 0 Å². The van der Waals surface area contributed by atoms with Crippen LogP contribution in [-0.2, 0) is 34.9 Å². The van der Waals surface area contributed by atoms with Crippen LogP contribution in [0, 0.1) is 0 Å². The third kappa shape index (κ3) is 4.39. The predicted octanol–water partition coefficient (Wildman–Crippen LogP) is 1.23. The van der Waals surface area contributed by atoms with Crippen LogP contribution in [0.15, 0.2) is 18.2 Å². The molecule has 8 atom stereocenters. The lowest BCUT2D eigenvalue weighted by molar-refractivity contribution is -0.256. The fourth-order valence-electron chi connectivity index (χ4n) is 7.49. The van der Waals surface area contributed by atoms with Gasteiger partial charge in [0.25, 0.3) is 0 Å². The Labute approximate surface area is 256 Å². The highest BCUT2D eigenvalue weighted by molar-refractivity contribution is 6.31. The second-order valence-electron chi connectivity index (χ2n) is 12.0. The number of carboxylic acids is 1. The van der Waals surface area contributed by atoms with Crippen LogP contribution < -0.4 is 4.74 Å². The van der Waals surface area contributed by atoms with Gasteiger partial charge < -0.3 is 48.8 Å². The maximum absolute atomic E-state index is 13.8. The Balaban J connectivity index is 1.29. The van der Waals surface area contributed by atoms with E-state index in [0.29, 0.717) is 13.2 Å². The number of hydrogen-bond donors (Lipinski definition) is 4. The van der Waals surface area contributed by atoms with Crippen molar-refractivity contribution in [2.45, 2.75) is 74.9 Å². The molecule has 2 aromatic carbocycles. The molecule has 0 radical (unpaired) electrons. The molecular weight excluding hydrogens is 594 g/mol. The van der Waals surface area contributed by atoms with Crippen molar-refractivity contribution in [1.29, 1.82) is 0 Å². The third-order valence-electron chi connectivity index (χ3n) is 9.58. The first-order chi connectivity index (χ1) is 21.5. The molecule has 3 heterocycles. The Morgan fingerprint density at radius 2 is 1.82 bits per heavy atom. The molecule has 45 heavy (non-hydrogen) atoms. The second kappa shape index (κ2) is 10.7. The van der Waals surface area contributed by atoms with E-state index in [9.17, 15) is 34.8 Å². The predicted molar refractivity (Wildman–Crippen MR) is 149 cm³/mol. The maximum atomic E-state index is 13.8. The number of phenols is 2. The number of hydrogen-bond acceptors (Lipinski definition) is 13. The molecule has 0 bridgehead atoms. The van der Waals surface area contributed by atoms with Gasteiger partial charge in [0.05, 0.1) is 42.6 Å². The van der Waals surface area contributed by atoms with Crippen molar-refractivity contribution in [1.82, 2.24) is 4.90 Å². The molecule has 3 aliphatic heterocycles. The lowest BCUT2D eigenvalue weighted by Gasteiger charge is -2.43. The number of benzene rings is 2. The number of nitrogens with zero attached hydrogens (tertiary/aromatic N) is 1. The average Bonchev–Trinajstić information content (AvgIpc) is 3.40. The molecule has 3 saturated heterocycles. The van der Waals surface area contributed by atoms with Gasteiger partial charge in [-0.15, -0.1) is 0 Å². The van der Waals surface area contributed by atoms with Crippen molar-refractivity contribution in [3.8, 4) is 17.2 Å². The Morgan fingerprint density at radius 3 is 2.53 bits per heavy atom. The highest BCUT2D eigenvalue weighted by Gasteiger charge is 2.55. The van der Waals surface area contributed by atoms with Crippen LogP contribution in [0.2, 0.25) is 0 Å². The summed E-state index contributed by atoms with van der Waals surface area (Å²) in [6, 6.07) is 4.22. The quantitative estimate of drug-likeness (QED) is 0.295. The number of carbonyl (C=O) groups is 3. The zero-order valence-electron chi connectivity index (χ0n) is 24.7. The summed E-state index contributed by atoms with van der Waals surface area (Å²) < 4.78 is 35.2. The molecular formula is C31H33NO13. The van der Waals surface area contributed by atoms with Crippen molar-refractivity contribution in [2.24, 2.45) is 0 Å². The van der Waals surface area contributed by atoms with Crippen LogP contribution in [0.5, 0.6) is 17.2 Å². The van der Waals surface area contributed by atoms with Crippen molar-refractivity contribution >= 4 is 17.5 Å². The number of morpholine rings is 1. The van der Waals surface area contributed by atoms with Gasteiger partial charge in [0.15, 0.2) is 30.2 Å². The zero-order valence-corrected chi connectivity index (χ0v) is 24.7. The highest BCUT2D eigenvalue weighted by Crippen LogP contribution is 2.53. The Hall–Kier alpha value is -3.63. The van der Waals surface area contributed by atoms with E-state index in [1.54, 1.807) is 0 Å². The van der Waals surface area contributed by atoms with Crippen LogP contribution >= 0.6 is 0 Å². The summed E-state index contributed by atoms with van der Waals surface area (Å²) in [5.41, 5.74) is -3.79. The molecule has 2 aromatic rings. The van der Waals surface area contributed by atoms with Gasteiger partial charge in [0.2, 0.25) is 5.78 Å². The number of methoxy groups -OCH3 is 2. The van der Waals surface area contributed by atoms with Crippen LogP contribution in [0.3, 0.4) is 0 Å². The molecule has 14 heteroatoms. The molecule has 0 amide bonds. The lowest BCUT2D eigenvalue weighted by atomic mass is 9.73. The van der Waals surface area contributed by atoms with E-state index in [-0.39, 0.29) is 46.6 Å². The Morgan fingerprint density at radius 1 is 1.07 bits per heavy atom. The van der Waals surface area contributed by atoms with E-state index in [1.165, 1.54) is 32.4 Å². The fourth-order valence-corrected chi connectivity index (χ4v) is 7.49. The standard InChI is InChI=1S/C31H33NO13/c1-12-27-15(32-7-8-42-29(41-3)28(32)45-27)9-18(43-12)44-17-11-31(39,30(37)38)10-14-20(17)26(36)22-21(24(14)34)23(33)13-5-4-6-16(40-2)19(13)25(22)35/h4-6,12,15,17-18,27-29,34,36,39H,7-11H2,1-3H3,(H,37,38)/t12?,15?,17-,18-,27+,28+,29-,31-/m0/s1. The van der Waals surface area contributed by atoms with Gasteiger partial charge in [0.1, 0.15) is 23.4 Å². The van der Waals surface area contributed by atoms with E-state index in [2.05, 4.69) is 4.90 Å². The number of carbonyl (C=O) groups excluding carboxylic acids is 2. The second-order valence-corrected chi connectivity index (χ2v) is 12.0. The number of phenolic OH excluding ortho intramolecular Hbond substituents is 2. The lowest BCUT2D eigenvalue weighted by Crippen LogP contribution is -2.55. The van der Waals surface area contributed by atoms with E-state index < -0.39 is 89.6 Å². The van der Waals surface area contributed by atoms with Crippen molar-refractivity contribution in [3.05, 3.63) is 51.6 Å². The number of aliphatic hydroxyl groups is 1. The summed E-state index contributed by atoms with van der Waals surface area (Å²) in [5.74, 6) is -4.35. The van der Waals surface area contributed by atoms with Crippen molar-refractivity contribution < 1.29 is 63.2 Å². The van der Waals surface area contributed by atoms with E-state index in [4.69, 9.17) is 28.4 Å². The maximum Gasteiger partial charge on any atom is 0.336 e. The first-order valence-corrected chi connectivity index (χ1v) is 14.7. The minimum absolute atomic E-state index is 0.0475. The molecule has 0 aromatic heterocycles. The minimum atomic E-state index is -2.43. The summed E-state index contributed by atoms with van der Waals surface area (Å²) in [6.07, 6.45) is -5.10. The summed E-state index contributed by atoms with van der Waals surface area (Å²) in [7, 11) is 2.87. The molecule has 7 rings (SSSR count). The molecule has 0 spiro atoms. The summed E-state index contributed by atoms with van der Waals surface area (Å²) in [6.45, 7) is 2.80. The number of fused-ring (bicyclic) bond motifs is 6. The van der Waals surface area contributed by atoms with Crippen LogP contribution in [0.1, 0.15) is 68.8 Å². The first-order valence-electron chi connectivity index (χ1n) is 14.7. The molecule has 2 aliphatic carbocycles. The molecule has 5 aliphatic rings.